The first-order valence-electron chi connectivity index (χ1n) is 4.08. The molecule has 0 atom stereocenters. The molecule has 0 bridgehead atoms. The maximum Gasteiger partial charge on any atom is 0.423 e. The molecule has 16 heavy (non-hydrogen) atoms. The van der Waals surface area contributed by atoms with Gasteiger partial charge < -0.3 is 5.11 Å². The topological polar surface area (TPSA) is 37.3 Å². The fourth-order valence-electron chi connectivity index (χ4n) is 1.03. The van der Waals surface area contributed by atoms with E-state index < -0.39 is 17.7 Å². The number of halogens is 4. The van der Waals surface area contributed by atoms with Gasteiger partial charge in [-0.1, -0.05) is 23.7 Å². The summed E-state index contributed by atoms with van der Waals surface area (Å²) in [4.78, 5) is 10.4. The Morgan fingerprint density at radius 3 is 2.44 bits per heavy atom. The van der Waals surface area contributed by atoms with Crippen LogP contribution >= 0.6 is 11.6 Å². The molecule has 0 aromatic heterocycles. The van der Waals surface area contributed by atoms with Crippen molar-refractivity contribution in [3.8, 4) is 0 Å². The van der Waals surface area contributed by atoms with E-state index in [1.54, 1.807) is 0 Å². The number of benzene rings is 1. The smallest absolute Gasteiger partial charge is 0.423 e. The highest BCUT2D eigenvalue weighted by molar-refractivity contribution is 6.30. The number of carboxylic acids is 1. The van der Waals surface area contributed by atoms with E-state index in [0.717, 1.165) is 0 Å². The van der Waals surface area contributed by atoms with Crippen LogP contribution in [0.2, 0.25) is 5.02 Å². The van der Waals surface area contributed by atoms with Gasteiger partial charge >= 0.3 is 12.1 Å². The molecular weight excluding hydrogens is 245 g/mol. The third-order valence-corrected chi connectivity index (χ3v) is 1.93. The summed E-state index contributed by atoms with van der Waals surface area (Å²) >= 11 is 5.56. The Bertz CT molecular complexity index is 438. The molecule has 0 saturated carbocycles. The van der Waals surface area contributed by atoms with Crippen LogP contribution in [0.3, 0.4) is 0 Å². The Morgan fingerprint density at radius 2 is 2.00 bits per heavy atom. The van der Waals surface area contributed by atoms with Gasteiger partial charge in [-0.15, -0.1) is 0 Å². The van der Waals surface area contributed by atoms with E-state index in [1.165, 1.54) is 24.3 Å². The van der Waals surface area contributed by atoms with Crippen LogP contribution in [0.5, 0.6) is 0 Å². The molecule has 0 aliphatic carbocycles. The number of carboxylic acid groups (broad SMARTS) is 1. The van der Waals surface area contributed by atoms with E-state index in [-0.39, 0.29) is 10.6 Å². The van der Waals surface area contributed by atoms with Gasteiger partial charge in [0.1, 0.15) is 5.57 Å². The first-order chi connectivity index (χ1) is 7.30. The second-order valence-electron chi connectivity index (χ2n) is 2.92. The molecule has 0 aliphatic rings. The largest absolute Gasteiger partial charge is 0.478 e. The zero-order chi connectivity index (χ0) is 12.3. The van der Waals surface area contributed by atoms with Crippen molar-refractivity contribution >= 4 is 23.6 Å². The Kier molecular flexibility index (Phi) is 3.59. The minimum absolute atomic E-state index is 0.0854. The van der Waals surface area contributed by atoms with Crippen molar-refractivity contribution in [1.82, 2.24) is 0 Å². The fourth-order valence-corrected chi connectivity index (χ4v) is 1.23. The molecule has 2 nitrogen and oxygen atoms in total. The molecule has 1 aromatic rings. The summed E-state index contributed by atoms with van der Waals surface area (Å²) in [5.74, 6) is -2.02. The molecule has 0 fully saturated rings. The lowest BCUT2D eigenvalue weighted by molar-refractivity contribution is -0.144. The molecule has 1 aromatic carbocycles. The lowest BCUT2D eigenvalue weighted by atomic mass is 10.1. The lowest BCUT2D eigenvalue weighted by Crippen LogP contribution is -2.19. The molecule has 1 rings (SSSR count). The third-order valence-electron chi connectivity index (χ3n) is 1.70. The zero-order valence-corrected chi connectivity index (χ0v) is 8.51. The second kappa shape index (κ2) is 4.57. The van der Waals surface area contributed by atoms with Gasteiger partial charge in [0.25, 0.3) is 0 Å². The van der Waals surface area contributed by atoms with Crippen LogP contribution in [-0.4, -0.2) is 17.3 Å². The summed E-state index contributed by atoms with van der Waals surface area (Å²) in [6, 6.07) is 5.49. The second-order valence-corrected chi connectivity index (χ2v) is 3.35. The predicted octanol–water partition coefficient (Wildman–Crippen LogP) is 3.37. The molecule has 0 unspecified atom stereocenters. The summed E-state index contributed by atoms with van der Waals surface area (Å²) in [5, 5.41) is 8.65. The predicted molar refractivity (Wildman–Crippen MR) is 53.1 cm³/mol. The molecular formula is C10H6ClF3O2. The highest BCUT2D eigenvalue weighted by atomic mass is 35.5. The molecule has 0 saturated heterocycles. The van der Waals surface area contributed by atoms with Crippen molar-refractivity contribution in [1.29, 1.82) is 0 Å². The maximum absolute atomic E-state index is 12.3. The van der Waals surface area contributed by atoms with Gasteiger partial charge in [-0.25, -0.2) is 4.79 Å². The van der Waals surface area contributed by atoms with E-state index in [2.05, 4.69) is 0 Å². The summed E-state index contributed by atoms with van der Waals surface area (Å²) in [6.45, 7) is 0. The van der Waals surface area contributed by atoms with Crippen LogP contribution in [0.25, 0.3) is 6.08 Å². The van der Waals surface area contributed by atoms with Gasteiger partial charge in [0.2, 0.25) is 0 Å². The Hall–Kier alpha value is -1.49. The Morgan fingerprint density at radius 1 is 1.38 bits per heavy atom. The van der Waals surface area contributed by atoms with Crippen LogP contribution in [0.4, 0.5) is 13.2 Å². The van der Waals surface area contributed by atoms with Crippen LogP contribution in [-0.2, 0) is 4.79 Å². The molecule has 0 amide bonds. The fraction of sp³-hybridized carbons (Fsp3) is 0.100. The van der Waals surface area contributed by atoms with Crippen molar-refractivity contribution in [2.24, 2.45) is 0 Å². The monoisotopic (exact) mass is 250 g/mol. The first kappa shape index (κ1) is 12.6. The molecule has 1 N–H and O–H groups in total. The van der Waals surface area contributed by atoms with Crippen molar-refractivity contribution in [2.75, 3.05) is 0 Å². The number of hydrogen-bond donors (Lipinski definition) is 1. The molecule has 0 radical (unpaired) electrons. The van der Waals surface area contributed by atoms with E-state index in [4.69, 9.17) is 16.7 Å². The maximum atomic E-state index is 12.3. The number of aliphatic carboxylic acids is 1. The average Bonchev–Trinajstić information content (AvgIpc) is 2.12. The van der Waals surface area contributed by atoms with E-state index in [1.807, 2.05) is 0 Å². The Balaban J connectivity index is 3.18. The normalized spacial score (nSPS) is 12.6. The standard InChI is InChI=1S/C10H6ClF3O2/c11-7-3-1-2-6(4-7)5-8(9(15)16)10(12,13)14/h1-5H,(H,15,16)/b8-5+. The molecule has 0 spiro atoms. The average molecular weight is 251 g/mol. The lowest BCUT2D eigenvalue weighted by Gasteiger charge is -2.06. The van der Waals surface area contributed by atoms with Gasteiger partial charge in [-0.2, -0.15) is 13.2 Å². The van der Waals surface area contributed by atoms with Crippen molar-refractivity contribution in [3.05, 3.63) is 40.4 Å². The number of hydrogen-bond acceptors (Lipinski definition) is 1. The van der Waals surface area contributed by atoms with Gasteiger partial charge in [0.15, 0.2) is 0 Å². The van der Waals surface area contributed by atoms with Crippen molar-refractivity contribution < 1.29 is 23.1 Å². The Labute approximate surface area is 94.0 Å². The quantitative estimate of drug-likeness (QED) is 0.817. The van der Waals surface area contributed by atoms with E-state index >= 15 is 0 Å². The summed E-state index contributed by atoms with van der Waals surface area (Å²) < 4.78 is 36.8. The van der Waals surface area contributed by atoms with Crippen molar-refractivity contribution in [2.45, 2.75) is 6.18 Å². The summed E-state index contributed by atoms with van der Waals surface area (Å²) in [5.41, 5.74) is -1.54. The number of rotatable bonds is 2. The molecule has 6 heteroatoms. The third kappa shape index (κ3) is 3.27. The number of alkyl halides is 3. The van der Waals surface area contributed by atoms with E-state index in [0.29, 0.717) is 6.08 Å². The number of carbonyl (C=O) groups is 1. The molecule has 86 valence electrons. The van der Waals surface area contributed by atoms with Gasteiger partial charge in [0.05, 0.1) is 0 Å². The summed E-state index contributed by atoms with van der Waals surface area (Å²) in [7, 11) is 0. The molecule has 0 heterocycles. The SMILES string of the molecule is O=C(O)/C(=C\c1cccc(Cl)c1)C(F)(F)F. The van der Waals surface area contributed by atoms with Gasteiger partial charge in [-0.3, -0.25) is 0 Å². The van der Waals surface area contributed by atoms with Crippen LogP contribution in [0, 0.1) is 0 Å². The molecule has 0 aliphatic heterocycles. The first-order valence-corrected chi connectivity index (χ1v) is 4.46. The van der Waals surface area contributed by atoms with Gasteiger partial charge in [0, 0.05) is 5.02 Å². The highest BCUT2D eigenvalue weighted by Gasteiger charge is 2.38. The van der Waals surface area contributed by atoms with Gasteiger partial charge in [-0.05, 0) is 23.8 Å². The van der Waals surface area contributed by atoms with Crippen LogP contribution in [0.15, 0.2) is 29.8 Å². The zero-order valence-electron chi connectivity index (χ0n) is 7.75. The summed E-state index contributed by atoms with van der Waals surface area (Å²) in [6.07, 6.45) is -4.36. The van der Waals surface area contributed by atoms with E-state index in [9.17, 15) is 18.0 Å². The minimum atomic E-state index is -4.89. The highest BCUT2D eigenvalue weighted by Crippen LogP contribution is 2.28. The minimum Gasteiger partial charge on any atom is -0.478 e. The van der Waals surface area contributed by atoms with Crippen LogP contribution in [0.1, 0.15) is 5.56 Å². The van der Waals surface area contributed by atoms with Crippen LogP contribution < -0.4 is 0 Å². The van der Waals surface area contributed by atoms with Crippen molar-refractivity contribution in [3.63, 3.8) is 0 Å².